The minimum Gasteiger partial charge on any atom is -0.480 e. The summed E-state index contributed by atoms with van der Waals surface area (Å²) in [6, 6.07) is -0.275. The molecule has 1 saturated carbocycles. The zero-order valence-electron chi connectivity index (χ0n) is 10.3. The minimum atomic E-state index is -0.787. The smallest absolute Gasteiger partial charge is 0.323 e. The molecule has 17 heavy (non-hydrogen) atoms. The highest BCUT2D eigenvalue weighted by molar-refractivity contribution is 5.73. The predicted octanol–water partition coefficient (Wildman–Crippen LogP) is 0.729. The Morgan fingerprint density at radius 2 is 2.18 bits per heavy atom. The highest BCUT2D eigenvalue weighted by Crippen LogP contribution is 2.27. The van der Waals surface area contributed by atoms with Crippen LogP contribution in [0, 0.1) is 0 Å². The predicted molar refractivity (Wildman–Crippen MR) is 62.0 cm³/mol. The number of hydrogen-bond acceptors (Lipinski definition) is 4. The average molecular weight is 243 g/mol. The third-order valence-corrected chi connectivity index (χ3v) is 3.85. The lowest BCUT2D eigenvalue weighted by Gasteiger charge is -2.43. The molecule has 0 bridgehead atoms. The molecule has 3 unspecified atom stereocenters. The monoisotopic (exact) mass is 243 g/mol. The number of nitrogens with zero attached hydrogens (tertiary/aromatic N) is 1. The van der Waals surface area contributed by atoms with E-state index in [-0.39, 0.29) is 12.1 Å². The van der Waals surface area contributed by atoms with E-state index in [1.54, 1.807) is 7.11 Å². The van der Waals surface area contributed by atoms with Crippen LogP contribution in [0.5, 0.6) is 0 Å². The largest absolute Gasteiger partial charge is 0.480 e. The lowest BCUT2D eigenvalue weighted by Crippen LogP contribution is -2.58. The lowest BCUT2D eigenvalue weighted by molar-refractivity contribution is -0.155. The van der Waals surface area contributed by atoms with Gasteiger partial charge in [0, 0.05) is 19.7 Å². The van der Waals surface area contributed by atoms with Gasteiger partial charge in [-0.05, 0) is 12.8 Å². The first kappa shape index (κ1) is 12.8. The number of carbonyl (C=O) groups is 1. The van der Waals surface area contributed by atoms with Gasteiger partial charge in [-0.2, -0.15) is 0 Å². The van der Waals surface area contributed by atoms with E-state index in [2.05, 4.69) is 4.90 Å². The van der Waals surface area contributed by atoms with Gasteiger partial charge in [-0.15, -0.1) is 0 Å². The summed E-state index contributed by atoms with van der Waals surface area (Å²) >= 11 is 0. The summed E-state index contributed by atoms with van der Waals surface area (Å²) in [7, 11) is 1.72. The van der Waals surface area contributed by atoms with Gasteiger partial charge in [0.1, 0.15) is 6.04 Å². The minimum absolute atomic E-state index is 0.170. The molecular formula is C12H21NO4. The Hall–Kier alpha value is -0.650. The maximum Gasteiger partial charge on any atom is 0.323 e. The number of carboxylic acid groups (broad SMARTS) is 1. The zero-order chi connectivity index (χ0) is 12.3. The van der Waals surface area contributed by atoms with Crippen molar-refractivity contribution in [2.24, 2.45) is 0 Å². The molecule has 0 aromatic rings. The van der Waals surface area contributed by atoms with Crippen molar-refractivity contribution in [3.05, 3.63) is 0 Å². The van der Waals surface area contributed by atoms with Crippen LogP contribution in [0.3, 0.4) is 0 Å². The molecule has 0 amide bonds. The number of methoxy groups -OCH3 is 1. The molecule has 1 saturated heterocycles. The summed E-state index contributed by atoms with van der Waals surface area (Å²) in [6.45, 7) is 1.61. The number of aliphatic carboxylic acids is 1. The topological polar surface area (TPSA) is 59.0 Å². The van der Waals surface area contributed by atoms with Crippen molar-refractivity contribution in [3.63, 3.8) is 0 Å². The molecule has 2 aliphatic rings. The van der Waals surface area contributed by atoms with Crippen LogP contribution in [0.4, 0.5) is 0 Å². The Kier molecular flexibility index (Phi) is 4.36. The van der Waals surface area contributed by atoms with Gasteiger partial charge in [-0.1, -0.05) is 12.8 Å². The van der Waals surface area contributed by atoms with Gasteiger partial charge < -0.3 is 14.6 Å². The van der Waals surface area contributed by atoms with Crippen molar-refractivity contribution in [2.45, 2.75) is 43.9 Å². The maximum atomic E-state index is 11.2. The molecule has 1 aliphatic heterocycles. The number of carboxylic acids is 1. The molecule has 0 spiro atoms. The van der Waals surface area contributed by atoms with E-state index in [1.807, 2.05) is 0 Å². The third-order valence-electron chi connectivity index (χ3n) is 3.85. The second-order valence-corrected chi connectivity index (χ2v) is 4.79. The van der Waals surface area contributed by atoms with Crippen molar-refractivity contribution >= 4 is 5.97 Å². The van der Waals surface area contributed by atoms with Crippen LogP contribution in [-0.4, -0.2) is 61.0 Å². The Labute approximate surface area is 102 Å². The first-order chi connectivity index (χ1) is 8.24. The van der Waals surface area contributed by atoms with Crippen LogP contribution in [0.15, 0.2) is 0 Å². The first-order valence-corrected chi connectivity index (χ1v) is 6.33. The van der Waals surface area contributed by atoms with E-state index >= 15 is 0 Å². The lowest BCUT2D eigenvalue weighted by atomic mass is 9.90. The molecule has 0 aromatic heterocycles. The summed E-state index contributed by atoms with van der Waals surface area (Å²) in [6.07, 6.45) is 4.57. The summed E-state index contributed by atoms with van der Waals surface area (Å²) in [5.74, 6) is -0.787. The second-order valence-electron chi connectivity index (χ2n) is 4.79. The van der Waals surface area contributed by atoms with E-state index in [1.165, 1.54) is 6.42 Å². The van der Waals surface area contributed by atoms with Gasteiger partial charge >= 0.3 is 5.97 Å². The van der Waals surface area contributed by atoms with E-state index in [0.717, 1.165) is 19.3 Å². The number of ether oxygens (including phenoxy) is 2. The molecule has 3 atom stereocenters. The molecule has 5 heteroatoms. The molecule has 1 aliphatic carbocycles. The maximum absolute atomic E-state index is 11.2. The normalized spacial score (nSPS) is 35.7. The van der Waals surface area contributed by atoms with E-state index in [9.17, 15) is 9.90 Å². The summed E-state index contributed by atoms with van der Waals surface area (Å²) < 4.78 is 10.8. The SMILES string of the molecule is COC1CCCCC1N1CCOCC1C(=O)O. The second kappa shape index (κ2) is 5.80. The number of hydrogen-bond donors (Lipinski definition) is 1. The van der Waals surface area contributed by atoms with Gasteiger partial charge in [-0.3, -0.25) is 9.69 Å². The average Bonchev–Trinajstić information content (AvgIpc) is 2.38. The third kappa shape index (κ3) is 2.78. The van der Waals surface area contributed by atoms with Crippen LogP contribution >= 0.6 is 0 Å². The van der Waals surface area contributed by atoms with Crippen LogP contribution in [0.1, 0.15) is 25.7 Å². The van der Waals surface area contributed by atoms with E-state index < -0.39 is 12.0 Å². The molecule has 2 rings (SSSR count). The molecule has 1 heterocycles. The highest BCUT2D eigenvalue weighted by Gasteiger charge is 2.38. The fourth-order valence-electron chi connectivity index (χ4n) is 2.96. The van der Waals surface area contributed by atoms with Crippen LogP contribution in [0.2, 0.25) is 0 Å². The van der Waals surface area contributed by atoms with Crippen molar-refractivity contribution in [3.8, 4) is 0 Å². The van der Waals surface area contributed by atoms with Gasteiger partial charge in [0.05, 0.1) is 19.3 Å². The van der Waals surface area contributed by atoms with Gasteiger partial charge in [0.2, 0.25) is 0 Å². The first-order valence-electron chi connectivity index (χ1n) is 6.33. The van der Waals surface area contributed by atoms with Gasteiger partial charge in [0.25, 0.3) is 0 Å². The summed E-state index contributed by atoms with van der Waals surface area (Å²) in [4.78, 5) is 13.3. The van der Waals surface area contributed by atoms with Crippen molar-refractivity contribution < 1.29 is 19.4 Å². The van der Waals surface area contributed by atoms with E-state index in [4.69, 9.17) is 9.47 Å². The fraction of sp³-hybridized carbons (Fsp3) is 0.917. The van der Waals surface area contributed by atoms with Gasteiger partial charge in [-0.25, -0.2) is 0 Å². The Balaban J connectivity index is 2.08. The number of rotatable bonds is 3. The molecule has 1 N–H and O–H groups in total. The molecule has 5 nitrogen and oxygen atoms in total. The Morgan fingerprint density at radius 3 is 2.88 bits per heavy atom. The highest BCUT2D eigenvalue weighted by atomic mass is 16.5. The Bertz CT molecular complexity index is 271. The summed E-state index contributed by atoms with van der Waals surface area (Å²) in [5.41, 5.74) is 0. The molecular weight excluding hydrogens is 222 g/mol. The van der Waals surface area contributed by atoms with Crippen LogP contribution < -0.4 is 0 Å². The molecule has 2 fully saturated rings. The molecule has 98 valence electrons. The van der Waals surface area contributed by atoms with Crippen LogP contribution in [0.25, 0.3) is 0 Å². The quantitative estimate of drug-likeness (QED) is 0.792. The standard InChI is InChI=1S/C12H21NO4/c1-16-11-5-3-2-4-9(11)13-6-7-17-8-10(13)12(14)15/h9-11H,2-8H2,1H3,(H,14,15). The fourth-order valence-corrected chi connectivity index (χ4v) is 2.96. The number of morpholine rings is 1. The van der Waals surface area contributed by atoms with Gasteiger partial charge in [0.15, 0.2) is 0 Å². The van der Waals surface area contributed by atoms with E-state index in [0.29, 0.717) is 19.8 Å². The van der Waals surface area contributed by atoms with Crippen molar-refractivity contribution in [2.75, 3.05) is 26.9 Å². The zero-order valence-corrected chi connectivity index (χ0v) is 10.3. The van der Waals surface area contributed by atoms with Crippen molar-refractivity contribution in [1.82, 2.24) is 4.90 Å². The Morgan fingerprint density at radius 1 is 1.41 bits per heavy atom. The van der Waals surface area contributed by atoms with Crippen LogP contribution in [-0.2, 0) is 14.3 Å². The molecule has 0 aromatic carbocycles. The summed E-state index contributed by atoms with van der Waals surface area (Å²) in [5, 5.41) is 9.24. The molecule has 0 radical (unpaired) electrons. The van der Waals surface area contributed by atoms with Crippen molar-refractivity contribution in [1.29, 1.82) is 0 Å².